The number of aromatic nitrogens is 1. The van der Waals surface area contributed by atoms with E-state index < -0.39 is 0 Å². The number of carbonyl (C=O) groups excluding carboxylic acids is 2. The first kappa shape index (κ1) is 14.4. The van der Waals surface area contributed by atoms with Crippen LogP contribution in [0, 0.1) is 12.8 Å². The van der Waals surface area contributed by atoms with E-state index in [1.54, 1.807) is 17.9 Å². The number of nitrogens with zero attached hydrogens (tertiary/aromatic N) is 2. The summed E-state index contributed by atoms with van der Waals surface area (Å²) in [6.07, 6.45) is 1.25. The smallest absolute Gasteiger partial charge is 0.308 e. The van der Waals surface area contributed by atoms with Crippen LogP contribution in [0.2, 0.25) is 0 Å². The summed E-state index contributed by atoms with van der Waals surface area (Å²) in [5.41, 5.74) is 0. The summed E-state index contributed by atoms with van der Waals surface area (Å²) >= 11 is 0. The molecule has 2 rings (SSSR count). The number of aryl methyl sites for hydroxylation is 1. The van der Waals surface area contributed by atoms with Gasteiger partial charge < -0.3 is 18.9 Å². The highest BCUT2D eigenvalue weighted by Crippen LogP contribution is 2.18. The summed E-state index contributed by atoms with van der Waals surface area (Å²) in [6, 6.07) is 1.62. The number of piperidine rings is 1. The van der Waals surface area contributed by atoms with Crippen LogP contribution in [0.3, 0.4) is 0 Å². The van der Waals surface area contributed by atoms with Gasteiger partial charge in [-0.25, -0.2) is 0 Å². The number of esters is 1. The Morgan fingerprint density at radius 3 is 2.70 bits per heavy atom. The molecule has 1 aliphatic heterocycles. The molecule has 0 atom stereocenters. The predicted molar refractivity (Wildman–Crippen MR) is 68.1 cm³/mol. The maximum absolute atomic E-state index is 12.0. The summed E-state index contributed by atoms with van der Waals surface area (Å²) in [4.78, 5) is 25.0. The summed E-state index contributed by atoms with van der Waals surface area (Å²) in [5, 5.41) is 3.65. The molecule has 7 heteroatoms. The molecule has 0 unspecified atom stereocenters. The van der Waals surface area contributed by atoms with E-state index in [2.05, 4.69) is 5.16 Å². The molecule has 0 aromatic carbocycles. The zero-order chi connectivity index (χ0) is 14.5. The van der Waals surface area contributed by atoms with Crippen LogP contribution in [0.1, 0.15) is 18.6 Å². The molecule has 0 aliphatic carbocycles. The minimum absolute atomic E-state index is 0.0745. The largest absolute Gasteiger partial charge is 0.469 e. The van der Waals surface area contributed by atoms with Crippen molar-refractivity contribution in [3.63, 3.8) is 0 Å². The number of carbonyl (C=O) groups is 2. The van der Waals surface area contributed by atoms with Crippen molar-refractivity contribution < 1.29 is 23.6 Å². The Kier molecular flexibility index (Phi) is 4.60. The zero-order valence-electron chi connectivity index (χ0n) is 11.6. The van der Waals surface area contributed by atoms with E-state index in [4.69, 9.17) is 14.0 Å². The minimum Gasteiger partial charge on any atom is -0.469 e. The lowest BCUT2D eigenvalue weighted by molar-refractivity contribution is -0.149. The van der Waals surface area contributed by atoms with Crippen molar-refractivity contribution >= 4 is 11.9 Å². The van der Waals surface area contributed by atoms with Crippen molar-refractivity contribution in [2.75, 3.05) is 26.8 Å². The van der Waals surface area contributed by atoms with Gasteiger partial charge in [-0.1, -0.05) is 0 Å². The number of ether oxygens (including phenoxy) is 2. The van der Waals surface area contributed by atoms with Crippen LogP contribution in [0.4, 0.5) is 0 Å². The second-order valence-electron chi connectivity index (χ2n) is 4.74. The number of hydrogen-bond donors (Lipinski definition) is 0. The van der Waals surface area contributed by atoms with Crippen LogP contribution in [0.15, 0.2) is 10.6 Å². The van der Waals surface area contributed by atoms with E-state index in [9.17, 15) is 9.59 Å². The van der Waals surface area contributed by atoms with Gasteiger partial charge in [0.2, 0.25) is 0 Å². The first-order valence-corrected chi connectivity index (χ1v) is 6.52. The molecule has 1 aromatic rings. The van der Waals surface area contributed by atoms with E-state index in [1.165, 1.54) is 7.11 Å². The second kappa shape index (κ2) is 6.40. The highest BCUT2D eigenvalue weighted by Gasteiger charge is 2.28. The van der Waals surface area contributed by atoms with Gasteiger partial charge in [-0.2, -0.15) is 0 Å². The van der Waals surface area contributed by atoms with E-state index in [-0.39, 0.29) is 24.4 Å². The number of rotatable bonds is 4. The molecule has 1 aliphatic rings. The molecule has 0 spiro atoms. The summed E-state index contributed by atoms with van der Waals surface area (Å²) < 4.78 is 14.8. The first-order valence-electron chi connectivity index (χ1n) is 6.52. The average Bonchev–Trinajstić information content (AvgIpc) is 2.89. The third-order valence-electron chi connectivity index (χ3n) is 3.33. The third-order valence-corrected chi connectivity index (χ3v) is 3.33. The van der Waals surface area contributed by atoms with Gasteiger partial charge in [-0.3, -0.25) is 9.59 Å². The predicted octanol–water partition coefficient (Wildman–Crippen LogP) is 0.773. The van der Waals surface area contributed by atoms with Crippen LogP contribution in [0.25, 0.3) is 0 Å². The quantitative estimate of drug-likeness (QED) is 0.759. The van der Waals surface area contributed by atoms with Gasteiger partial charge in [0.1, 0.15) is 5.76 Å². The number of hydrogen-bond acceptors (Lipinski definition) is 6. The fraction of sp³-hybridized carbons (Fsp3) is 0.615. The average molecular weight is 282 g/mol. The summed E-state index contributed by atoms with van der Waals surface area (Å²) in [5.74, 6) is 0.509. The second-order valence-corrected chi connectivity index (χ2v) is 4.74. The van der Waals surface area contributed by atoms with Gasteiger partial charge in [0.15, 0.2) is 6.61 Å². The Morgan fingerprint density at radius 1 is 1.45 bits per heavy atom. The highest BCUT2D eigenvalue weighted by atomic mass is 16.5. The van der Waals surface area contributed by atoms with E-state index in [0.717, 1.165) is 0 Å². The van der Waals surface area contributed by atoms with Crippen molar-refractivity contribution in [2.24, 2.45) is 5.92 Å². The Labute approximate surface area is 116 Å². The lowest BCUT2D eigenvalue weighted by atomic mass is 9.97. The van der Waals surface area contributed by atoms with Gasteiger partial charge in [-0.05, 0) is 24.9 Å². The molecule has 1 fully saturated rings. The molecule has 0 bridgehead atoms. The number of likely N-dealkylation sites (tertiary alicyclic amines) is 1. The first-order chi connectivity index (χ1) is 9.60. The van der Waals surface area contributed by atoms with Gasteiger partial charge in [-0.15, -0.1) is 0 Å². The number of methoxy groups -OCH3 is 1. The molecule has 110 valence electrons. The standard InChI is InChI=1S/C13H18N2O5/c1-9-7-11(14-20-9)19-8-12(16)15-5-3-10(4-6-15)13(17)18-2/h7,10H,3-6,8H2,1-2H3. The van der Waals surface area contributed by atoms with Crippen molar-refractivity contribution in [1.82, 2.24) is 10.1 Å². The fourth-order valence-electron chi connectivity index (χ4n) is 2.17. The van der Waals surface area contributed by atoms with Crippen molar-refractivity contribution in [3.05, 3.63) is 11.8 Å². The Balaban J connectivity index is 1.76. The zero-order valence-corrected chi connectivity index (χ0v) is 11.6. The van der Waals surface area contributed by atoms with Crippen LogP contribution in [-0.2, 0) is 14.3 Å². The molecular formula is C13H18N2O5. The maximum Gasteiger partial charge on any atom is 0.308 e. The molecule has 1 amide bonds. The topological polar surface area (TPSA) is 81.9 Å². The van der Waals surface area contributed by atoms with Gasteiger partial charge in [0, 0.05) is 19.2 Å². The van der Waals surface area contributed by atoms with Crippen molar-refractivity contribution in [2.45, 2.75) is 19.8 Å². The molecular weight excluding hydrogens is 264 g/mol. The van der Waals surface area contributed by atoms with Gasteiger partial charge in [0.25, 0.3) is 11.8 Å². The highest BCUT2D eigenvalue weighted by molar-refractivity contribution is 5.78. The van der Waals surface area contributed by atoms with Crippen molar-refractivity contribution in [1.29, 1.82) is 0 Å². The fourth-order valence-corrected chi connectivity index (χ4v) is 2.17. The SMILES string of the molecule is COC(=O)C1CCN(C(=O)COc2cc(C)on2)CC1. The van der Waals surface area contributed by atoms with E-state index in [0.29, 0.717) is 37.6 Å². The van der Waals surface area contributed by atoms with E-state index in [1.807, 2.05) is 0 Å². The van der Waals surface area contributed by atoms with Crippen LogP contribution in [-0.4, -0.2) is 48.7 Å². The molecule has 2 heterocycles. The molecule has 7 nitrogen and oxygen atoms in total. The third kappa shape index (κ3) is 3.49. The van der Waals surface area contributed by atoms with Gasteiger partial charge in [0.05, 0.1) is 13.0 Å². The molecule has 1 aromatic heterocycles. The Morgan fingerprint density at radius 2 is 2.15 bits per heavy atom. The molecule has 1 saturated heterocycles. The Hall–Kier alpha value is -2.05. The lowest BCUT2D eigenvalue weighted by Crippen LogP contribution is -2.42. The van der Waals surface area contributed by atoms with Crippen LogP contribution < -0.4 is 4.74 Å². The molecule has 0 saturated carbocycles. The van der Waals surface area contributed by atoms with Crippen molar-refractivity contribution in [3.8, 4) is 5.88 Å². The normalized spacial score (nSPS) is 16.0. The monoisotopic (exact) mass is 282 g/mol. The molecule has 0 radical (unpaired) electrons. The van der Waals surface area contributed by atoms with Crippen LogP contribution >= 0.6 is 0 Å². The van der Waals surface area contributed by atoms with Gasteiger partial charge >= 0.3 is 5.97 Å². The minimum atomic E-state index is -0.202. The number of amides is 1. The molecule has 20 heavy (non-hydrogen) atoms. The summed E-state index contributed by atoms with van der Waals surface area (Å²) in [7, 11) is 1.38. The maximum atomic E-state index is 12.0. The summed E-state index contributed by atoms with van der Waals surface area (Å²) in [6.45, 7) is 2.76. The van der Waals surface area contributed by atoms with Crippen LogP contribution in [0.5, 0.6) is 5.88 Å². The van der Waals surface area contributed by atoms with E-state index >= 15 is 0 Å². The molecule has 0 N–H and O–H groups in total. The Bertz CT molecular complexity index is 477. The lowest BCUT2D eigenvalue weighted by Gasteiger charge is -2.30.